The van der Waals surface area contributed by atoms with Gasteiger partial charge in [0.15, 0.2) is 0 Å². The van der Waals surface area contributed by atoms with Gasteiger partial charge < -0.3 is 41.7 Å². The Morgan fingerprint density at radius 2 is 1.67 bits per heavy atom. The number of rotatable bonds is 18. The van der Waals surface area contributed by atoms with Gasteiger partial charge >= 0.3 is 12.1 Å². The number of aromatic nitrogens is 2. The van der Waals surface area contributed by atoms with Gasteiger partial charge in [0.25, 0.3) is 5.91 Å². The van der Waals surface area contributed by atoms with E-state index in [-0.39, 0.29) is 31.1 Å². The van der Waals surface area contributed by atoms with Crippen molar-refractivity contribution in [1.29, 1.82) is 0 Å². The lowest BCUT2D eigenvalue weighted by molar-refractivity contribution is -0.148. The summed E-state index contributed by atoms with van der Waals surface area (Å²) in [5.41, 5.74) is 12.5. The number of imide groups is 1. The average molecular weight is 716 g/mol. The second-order valence-electron chi connectivity index (χ2n) is 14.2. The van der Waals surface area contributed by atoms with Gasteiger partial charge in [0.1, 0.15) is 17.7 Å². The largest absolute Gasteiger partial charge is 0.467 e. The summed E-state index contributed by atoms with van der Waals surface area (Å²) in [6.07, 6.45) is 0.717. The minimum absolute atomic E-state index is 0.0261. The number of hydrogen-bond donors (Lipinski definition) is 6. The number of ether oxygens (including phenoxy) is 2. The van der Waals surface area contributed by atoms with Gasteiger partial charge in [0, 0.05) is 19.2 Å². The molecule has 1 aromatic heterocycles. The number of imidazole rings is 1. The van der Waals surface area contributed by atoms with Crippen LogP contribution in [0.5, 0.6) is 0 Å². The molecule has 284 valence electrons. The van der Waals surface area contributed by atoms with Gasteiger partial charge in [-0.25, -0.2) is 19.5 Å². The van der Waals surface area contributed by atoms with E-state index in [2.05, 4.69) is 20.6 Å². The highest BCUT2D eigenvalue weighted by Crippen LogP contribution is 2.25. The number of methoxy groups -OCH3 is 1. The lowest BCUT2D eigenvalue weighted by Crippen LogP contribution is -2.62. The lowest BCUT2D eigenvalue weighted by atomic mass is 9.87. The van der Waals surface area contributed by atoms with Crippen LogP contribution < -0.4 is 22.1 Å². The van der Waals surface area contributed by atoms with Crippen LogP contribution in [-0.2, 0) is 41.5 Å². The Bertz CT molecular complexity index is 1410. The number of aliphatic hydroxyl groups is 1. The van der Waals surface area contributed by atoms with E-state index in [9.17, 15) is 29.1 Å². The van der Waals surface area contributed by atoms with E-state index >= 15 is 0 Å². The van der Waals surface area contributed by atoms with E-state index in [0.717, 1.165) is 10.5 Å². The molecule has 0 radical (unpaired) electrons. The van der Waals surface area contributed by atoms with Crippen LogP contribution in [0.3, 0.4) is 0 Å². The number of carbonyl (C=O) groups is 5. The molecule has 15 nitrogen and oxygen atoms in total. The number of benzene rings is 1. The molecule has 0 saturated heterocycles. The number of nitrogens with one attached hydrogen (secondary N) is 3. The molecule has 2 rings (SSSR count). The number of aliphatic hydroxyl groups excluding tert-OH is 1. The number of nitrogens with two attached hydrogens (primary N) is 2. The molecule has 0 fully saturated rings. The summed E-state index contributed by atoms with van der Waals surface area (Å²) < 4.78 is 10.6. The molecular formula is C36H57N7O8. The van der Waals surface area contributed by atoms with Crippen LogP contribution in [0.15, 0.2) is 42.9 Å². The molecule has 51 heavy (non-hydrogen) atoms. The van der Waals surface area contributed by atoms with Crippen molar-refractivity contribution in [3.05, 3.63) is 54.1 Å². The molecule has 2 unspecified atom stereocenters. The highest BCUT2D eigenvalue weighted by Gasteiger charge is 2.45. The van der Waals surface area contributed by atoms with E-state index in [1.54, 1.807) is 33.9 Å². The second kappa shape index (κ2) is 19.9. The fourth-order valence-corrected chi connectivity index (χ4v) is 5.53. The van der Waals surface area contributed by atoms with Crippen LogP contribution in [0.25, 0.3) is 0 Å². The number of carbonyl (C=O) groups excluding carboxylic acids is 5. The van der Waals surface area contributed by atoms with Crippen LogP contribution in [-0.4, -0.2) is 99.3 Å². The second-order valence-corrected chi connectivity index (χ2v) is 14.2. The highest BCUT2D eigenvalue weighted by molar-refractivity contribution is 5.98. The molecule has 0 saturated carbocycles. The third-order valence-electron chi connectivity index (χ3n) is 8.45. The Morgan fingerprint density at radius 3 is 2.18 bits per heavy atom. The summed E-state index contributed by atoms with van der Waals surface area (Å²) >= 11 is 0. The first kappa shape index (κ1) is 42.8. The molecule has 0 spiro atoms. The standard InChI is InChI=1S/C36H57N7O8/c1-9-22(4)29(34(48)50-8)42-31(45)25(18-37)30(44)28(15-21(2)3)43(35(49)51-36(5,6)7)33(47)27(17-24-19-39-20-40-24)41-32(46)26(38)16-23-13-11-10-12-14-23/h10-14,19-22,25-30,44H,9,15-18,37-38H2,1-8H3,(H,39,40)(H,41,46)(H,42,45)/t22-,25?,26-,27-,28-,29-,30?/m0/s1. The summed E-state index contributed by atoms with van der Waals surface area (Å²) in [6, 6.07) is 4.28. The van der Waals surface area contributed by atoms with Gasteiger partial charge in [-0.1, -0.05) is 64.4 Å². The Hall–Kier alpha value is -4.34. The van der Waals surface area contributed by atoms with Crippen molar-refractivity contribution in [3.63, 3.8) is 0 Å². The van der Waals surface area contributed by atoms with Crippen molar-refractivity contribution in [2.45, 2.75) is 110 Å². The molecule has 0 bridgehead atoms. The van der Waals surface area contributed by atoms with E-state index < -0.39 is 78.1 Å². The molecule has 15 heteroatoms. The van der Waals surface area contributed by atoms with Gasteiger partial charge in [-0.3, -0.25) is 14.4 Å². The first-order chi connectivity index (χ1) is 23.9. The van der Waals surface area contributed by atoms with E-state index in [4.69, 9.17) is 20.9 Å². The minimum atomic E-state index is -1.72. The topological polar surface area (TPSA) is 232 Å². The number of H-pyrrole nitrogens is 1. The van der Waals surface area contributed by atoms with Crippen molar-refractivity contribution in [3.8, 4) is 0 Å². The predicted octanol–water partition coefficient (Wildman–Crippen LogP) is 1.83. The maximum atomic E-state index is 14.7. The SMILES string of the molecule is CC[C@H](C)[C@H](NC(=O)C(CN)C(O)[C@H](CC(C)C)N(C(=O)OC(C)(C)C)C(=O)[C@H](Cc1c[nH]cn1)NC(=O)[C@@H](N)Cc1ccccc1)C(=O)OC. The van der Waals surface area contributed by atoms with Gasteiger partial charge in [-0.05, 0) is 51.0 Å². The van der Waals surface area contributed by atoms with Crippen LogP contribution in [0.2, 0.25) is 0 Å². The summed E-state index contributed by atoms with van der Waals surface area (Å²) in [7, 11) is 1.20. The maximum Gasteiger partial charge on any atom is 0.417 e. The maximum absolute atomic E-state index is 14.7. The number of nitrogens with zero attached hydrogens (tertiary/aromatic N) is 2. The van der Waals surface area contributed by atoms with Gasteiger partial charge in [-0.15, -0.1) is 0 Å². The van der Waals surface area contributed by atoms with Crippen LogP contribution >= 0.6 is 0 Å². The quantitative estimate of drug-likeness (QED) is 0.122. The fourth-order valence-electron chi connectivity index (χ4n) is 5.53. The van der Waals surface area contributed by atoms with E-state index in [1.807, 2.05) is 51.1 Å². The summed E-state index contributed by atoms with van der Waals surface area (Å²) in [5.74, 6) is -4.92. The number of esters is 1. The van der Waals surface area contributed by atoms with Crippen molar-refractivity contribution >= 4 is 29.8 Å². The summed E-state index contributed by atoms with van der Waals surface area (Å²) in [4.78, 5) is 76.3. The average Bonchev–Trinajstić information content (AvgIpc) is 3.58. The van der Waals surface area contributed by atoms with Crippen molar-refractivity contribution in [2.75, 3.05) is 13.7 Å². The predicted molar refractivity (Wildman–Crippen MR) is 191 cm³/mol. The van der Waals surface area contributed by atoms with E-state index in [0.29, 0.717) is 12.1 Å². The highest BCUT2D eigenvalue weighted by atomic mass is 16.6. The third-order valence-corrected chi connectivity index (χ3v) is 8.45. The Kier molecular flexibility index (Phi) is 16.7. The Morgan fingerprint density at radius 1 is 1.02 bits per heavy atom. The smallest absolute Gasteiger partial charge is 0.417 e. The minimum Gasteiger partial charge on any atom is -0.467 e. The van der Waals surface area contributed by atoms with Crippen LogP contribution in [0.1, 0.15) is 72.6 Å². The summed E-state index contributed by atoms with van der Waals surface area (Å²) in [6.45, 7) is 11.7. The first-order valence-electron chi connectivity index (χ1n) is 17.3. The Balaban J connectivity index is 2.61. The fraction of sp³-hybridized carbons (Fsp3) is 0.611. The van der Waals surface area contributed by atoms with Crippen LogP contribution in [0.4, 0.5) is 4.79 Å². The first-order valence-corrected chi connectivity index (χ1v) is 17.3. The molecule has 0 aliphatic carbocycles. The lowest BCUT2D eigenvalue weighted by Gasteiger charge is -2.39. The molecule has 7 atom stereocenters. The molecule has 1 heterocycles. The van der Waals surface area contributed by atoms with Crippen molar-refractivity contribution in [1.82, 2.24) is 25.5 Å². The van der Waals surface area contributed by atoms with Crippen molar-refractivity contribution < 1.29 is 38.6 Å². The molecule has 0 aliphatic rings. The zero-order chi connectivity index (χ0) is 38.5. The number of aromatic amines is 1. The molecular weight excluding hydrogens is 658 g/mol. The number of amides is 4. The third kappa shape index (κ3) is 13.1. The normalized spacial score (nSPS) is 15.8. The molecule has 1 aromatic carbocycles. The zero-order valence-corrected chi connectivity index (χ0v) is 31.0. The Labute approximate surface area is 300 Å². The molecule has 8 N–H and O–H groups in total. The summed E-state index contributed by atoms with van der Waals surface area (Å²) in [5, 5.41) is 17.3. The molecule has 4 amide bonds. The number of hydrogen-bond acceptors (Lipinski definition) is 11. The molecule has 0 aliphatic heterocycles. The van der Waals surface area contributed by atoms with E-state index in [1.165, 1.54) is 13.4 Å². The van der Waals surface area contributed by atoms with Gasteiger partial charge in [-0.2, -0.15) is 0 Å². The van der Waals surface area contributed by atoms with Crippen molar-refractivity contribution in [2.24, 2.45) is 29.2 Å². The van der Waals surface area contributed by atoms with Crippen LogP contribution in [0, 0.1) is 17.8 Å². The zero-order valence-electron chi connectivity index (χ0n) is 31.0. The monoisotopic (exact) mass is 715 g/mol. The van der Waals surface area contributed by atoms with Gasteiger partial charge in [0.05, 0.1) is 43.2 Å². The molecule has 2 aromatic rings. The van der Waals surface area contributed by atoms with Gasteiger partial charge in [0.2, 0.25) is 11.8 Å².